The average Bonchev–Trinajstić information content (AvgIpc) is 2.33. The first-order valence-corrected chi connectivity index (χ1v) is 5.78. The van der Waals surface area contributed by atoms with Crippen LogP contribution in [-0.4, -0.2) is 23.6 Å². The van der Waals surface area contributed by atoms with Crippen LogP contribution in [0.2, 0.25) is 0 Å². The summed E-state index contributed by atoms with van der Waals surface area (Å²) in [6.07, 6.45) is 5.29. The van der Waals surface area contributed by atoms with Gasteiger partial charge in [-0.3, -0.25) is 0 Å². The predicted octanol–water partition coefficient (Wildman–Crippen LogP) is 1.37. The van der Waals surface area contributed by atoms with Gasteiger partial charge in [0.05, 0.1) is 7.11 Å². The molecule has 1 fully saturated rings. The van der Waals surface area contributed by atoms with Crippen LogP contribution in [0.5, 0.6) is 5.75 Å². The van der Waals surface area contributed by atoms with E-state index < -0.39 is 0 Å². The number of nitrogens with one attached hydrogen (secondary N) is 2. The first-order chi connectivity index (χ1) is 8.18. The number of aromatic nitrogens is 2. The Morgan fingerprint density at radius 3 is 2.65 bits per heavy atom. The number of methoxy groups -OCH3 is 1. The fourth-order valence-corrected chi connectivity index (χ4v) is 2.05. The minimum atomic E-state index is 0.381. The molecule has 0 saturated heterocycles. The molecule has 1 heterocycles. The van der Waals surface area contributed by atoms with Crippen molar-refractivity contribution in [2.75, 3.05) is 24.4 Å². The summed E-state index contributed by atoms with van der Waals surface area (Å²) in [6.45, 7) is 3.17. The number of hydrogen-bond acceptors (Lipinski definition) is 6. The lowest BCUT2D eigenvalue weighted by Gasteiger charge is -2.38. The van der Waals surface area contributed by atoms with Gasteiger partial charge >= 0.3 is 0 Å². The molecule has 0 aliphatic heterocycles. The van der Waals surface area contributed by atoms with Crippen LogP contribution in [-0.2, 0) is 0 Å². The third-order valence-corrected chi connectivity index (χ3v) is 3.39. The highest BCUT2D eigenvalue weighted by molar-refractivity contribution is 5.63. The van der Waals surface area contributed by atoms with E-state index in [0.29, 0.717) is 22.8 Å². The normalized spacial score (nSPS) is 17.1. The van der Waals surface area contributed by atoms with Crippen LogP contribution in [0.3, 0.4) is 0 Å². The number of anilines is 2. The fourth-order valence-electron chi connectivity index (χ4n) is 2.05. The molecule has 1 aromatic rings. The van der Waals surface area contributed by atoms with E-state index in [2.05, 4.69) is 27.6 Å². The number of nitrogens with two attached hydrogens (primary N) is 1. The van der Waals surface area contributed by atoms with E-state index >= 15 is 0 Å². The first kappa shape index (κ1) is 11.9. The standard InChI is InChI=1S/C11H19N5O/c1-11(4-3-5-11)6-13-9-8(17-2)10(16-12)15-7-14-9/h7H,3-6,12H2,1-2H3,(H2,13,14,15,16). The van der Waals surface area contributed by atoms with Gasteiger partial charge in [0.25, 0.3) is 0 Å². The van der Waals surface area contributed by atoms with Gasteiger partial charge in [-0.2, -0.15) is 0 Å². The second kappa shape index (κ2) is 4.75. The summed E-state index contributed by atoms with van der Waals surface area (Å²) in [5.74, 6) is 7.09. The van der Waals surface area contributed by atoms with Gasteiger partial charge in [0.2, 0.25) is 5.75 Å². The van der Waals surface area contributed by atoms with Crippen molar-refractivity contribution in [3.63, 3.8) is 0 Å². The lowest BCUT2D eigenvalue weighted by molar-refractivity contribution is 0.179. The van der Waals surface area contributed by atoms with E-state index in [9.17, 15) is 0 Å². The SMILES string of the molecule is COc1c(NN)ncnc1NCC1(C)CCC1. The predicted molar refractivity (Wildman–Crippen MR) is 66.8 cm³/mol. The van der Waals surface area contributed by atoms with Crippen molar-refractivity contribution in [2.45, 2.75) is 26.2 Å². The molecule has 6 heteroatoms. The number of nitrogen functional groups attached to an aromatic ring is 1. The van der Waals surface area contributed by atoms with Gasteiger partial charge in [-0.1, -0.05) is 13.3 Å². The zero-order valence-corrected chi connectivity index (χ0v) is 10.3. The van der Waals surface area contributed by atoms with Crippen LogP contribution in [0, 0.1) is 5.41 Å². The molecule has 0 atom stereocenters. The Morgan fingerprint density at radius 1 is 1.41 bits per heavy atom. The van der Waals surface area contributed by atoms with E-state index in [1.807, 2.05) is 0 Å². The van der Waals surface area contributed by atoms with Crippen LogP contribution in [0.4, 0.5) is 11.6 Å². The fraction of sp³-hybridized carbons (Fsp3) is 0.636. The summed E-state index contributed by atoms with van der Waals surface area (Å²) < 4.78 is 5.25. The van der Waals surface area contributed by atoms with Crippen LogP contribution < -0.4 is 21.3 Å². The molecule has 1 aromatic heterocycles. The molecule has 1 aliphatic carbocycles. The number of hydrazine groups is 1. The molecular weight excluding hydrogens is 218 g/mol. The molecule has 0 amide bonds. The number of rotatable bonds is 5. The van der Waals surface area contributed by atoms with E-state index in [-0.39, 0.29) is 0 Å². The maximum Gasteiger partial charge on any atom is 0.205 e. The highest BCUT2D eigenvalue weighted by Gasteiger charge is 2.31. The molecule has 1 aliphatic rings. The molecule has 0 aromatic carbocycles. The lowest BCUT2D eigenvalue weighted by Crippen LogP contribution is -2.33. The van der Waals surface area contributed by atoms with Gasteiger partial charge in [0.1, 0.15) is 6.33 Å². The van der Waals surface area contributed by atoms with Crippen LogP contribution in [0.1, 0.15) is 26.2 Å². The van der Waals surface area contributed by atoms with Crippen LogP contribution in [0.15, 0.2) is 6.33 Å². The molecule has 0 spiro atoms. The highest BCUT2D eigenvalue weighted by Crippen LogP contribution is 2.40. The van der Waals surface area contributed by atoms with Crippen molar-refractivity contribution in [1.82, 2.24) is 9.97 Å². The Balaban J connectivity index is 2.09. The van der Waals surface area contributed by atoms with Crippen LogP contribution in [0.25, 0.3) is 0 Å². The van der Waals surface area contributed by atoms with Crippen molar-refractivity contribution in [1.29, 1.82) is 0 Å². The van der Waals surface area contributed by atoms with Gasteiger partial charge in [0, 0.05) is 6.54 Å². The van der Waals surface area contributed by atoms with Crippen LogP contribution >= 0.6 is 0 Å². The Bertz CT molecular complexity index is 391. The Hall–Kier alpha value is -1.56. The van der Waals surface area contributed by atoms with Crippen molar-refractivity contribution in [3.05, 3.63) is 6.33 Å². The zero-order chi connectivity index (χ0) is 12.3. The smallest absolute Gasteiger partial charge is 0.205 e. The summed E-state index contributed by atoms with van der Waals surface area (Å²) >= 11 is 0. The van der Waals surface area contributed by atoms with Crippen molar-refractivity contribution in [2.24, 2.45) is 11.3 Å². The van der Waals surface area contributed by atoms with Gasteiger partial charge in [-0.15, -0.1) is 0 Å². The van der Waals surface area contributed by atoms with E-state index in [1.165, 1.54) is 25.6 Å². The van der Waals surface area contributed by atoms with E-state index in [1.54, 1.807) is 7.11 Å². The minimum Gasteiger partial charge on any atom is -0.490 e. The maximum absolute atomic E-state index is 5.37. The van der Waals surface area contributed by atoms with Gasteiger partial charge in [-0.25, -0.2) is 15.8 Å². The van der Waals surface area contributed by atoms with E-state index in [4.69, 9.17) is 10.6 Å². The third-order valence-electron chi connectivity index (χ3n) is 3.39. The summed E-state index contributed by atoms with van der Waals surface area (Å²) in [5.41, 5.74) is 2.88. The molecule has 0 bridgehead atoms. The molecule has 1 saturated carbocycles. The summed E-state index contributed by atoms with van der Waals surface area (Å²) in [5, 5.41) is 3.31. The third kappa shape index (κ3) is 2.41. The monoisotopic (exact) mass is 237 g/mol. The molecule has 4 N–H and O–H groups in total. The Labute approximate surface area is 101 Å². The largest absolute Gasteiger partial charge is 0.490 e. The highest BCUT2D eigenvalue weighted by atomic mass is 16.5. The second-order valence-corrected chi connectivity index (χ2v) is 4.77. The molecule has 0 unspecified atom stereocenters. The first-order valence-electron chi connectivity index (χ1n) is 5.78. The molecular formula is C11H19N5O. The number of nitrogens with zero attached hydrogens (tertiary/aromatic N) is 2. The quantitative estimate of drug-likeness (QED) is 0.530. The summed E-state index contributed by atoms with van der Waals surface area (Å²) in [7, 11) is 1.58. The minimum absolute atomic E-state index is 0.381. The number of hydrogen-bond donors (Lipinski definition) is 3. The summed E-state index contributed by atoms with van der Waals surface area (Å²) in [4.78, 5) is 8.17. The van der Waals surface area contributed by atoms with Crippen molar-refractivity contribution < 1.29 is 4.74 Å². The van der Waals surface area contributed by atoms with Crippen molar-refractivity contribution in [3.8, 4) is 5.75 Å². The van der Waals surface area contributed by atoms with Gasteiger partial charge in [-0.05, 0) is 18.3 Å². The molecule has 2 rings (SSSR count). The Morgan fingerprint density at radius 2 is 2.12 bits per heavy atom. The number of ether oxygens (including phenoxy) is 1. The molecule has 6 nitrogen and oxygen atoms in total. The molecule has 94 valence electrons. The maximum atomic E-state index is 5.37. The van der Waals surface area contributed by atoms with E-state index in [0.717, 1.165) is 6.54 Å². The van der Waals surface area contributed by atoms with Gasteiger partial charge in [0.15, 0.2) is 11.6 Å². The molecule has 0 radical (unpaired) electrons. The Kier molecular flexibility index (Phi) is 3.33. The zero-order valence-electron chi connectivity index (χ0n) is 10.3. The lowest BCUT2D eigenvalue weighted by atomic mass is 9.70. The second-order valence-electron chi connectivity index (χ2n) is 4.77. The van der Waals surface area contributed by atoms with Gasteiger partial charge < -0.3 is 15.5 Å². The summed E-state index contributed by atoms with van der Waals surface area (Å²) in [6, 6.07) is 0. The molecule has 17 heavy (non-hydrogen) atoms. The average molecular weight is 237 g/mol. The van der Waals surface area contributed by atoms with Crippen molar-refractivity contribution >= 4 is 11.6 Å². The topological polar surface area (TPSA) is 85.1 Å².